The van der Waals surface area contributed by atoms with Gasteiger partial charge in [0.1, 0.15) is 0 Å². The minimum Gasteiger partial charge on any atom is -0.479 e. The van der Waals surface area contributed by atoms with Crippen LogP contribution in [0.3, 0.4) is 0 Å². The highest BCUT2D eigenvalue weighted by Gasteiger charge is 2.37. The number of anilines is 3. The predicted molar refractivity (Wildman–Crippen MR) is 194 cm³/mol. The first-order valence-corrected chi connectivity index (χ1v) is 18.0. The van der Waals surface area contributed by atoms with Crippen molar-refractivity contribution in [2.75, 3.05) is 67.2 Å². The third-order valence-corrected chi connectivity index (χ3v) is 9.92. The topological polar surface area (TPSA) is 126 Å². The van der Waals surface area contributed by atoms with E-state index in [2.05, 4.69) is 56.7 Å². The Bertz CT molecular complexity index is 1710. The molecule has 0 bridgehead atoms. The van der Waals surface area contributed by atoms with Gasteiger partial charge in [-0.05, 0) is 82.9 Å². The standard InChI is InChI=1S/C38H53N7O5/c1-9-49-36-41-34(44-18-20-48-21-19-44)40-35(42-36)45-15-12-26-22-27(10-11-28(26)23-45)29-24(2)39-25(3)30(32(33(46)47)50-37(4,5)6)31(29)43-16-13-38(7,8)14-17-43/h10-11,22,32H,9,12-21,23H2,1-8H3,(H,46,47)/t32-/m0/s1. The summed E-state index contributed by atoms with van der Waals surface area (Å²) in [6.07, 6.45) is 1.68. The van der Waals surface area contributed by atoms with Gasteiger partial charge in [0.25, 0.3) is 0 Å². The third kappa shape index (κ3) is 7.81. The first-order chi connectivity index (χ1) is 23.7. The lowest BCUT2D eigenvalue weighted by molar-refractivity contribution is -0.160. The zero-order valence-electron chi connectivity index (χ0n) is 31.0. The number of aryl methyl sites for hydroxylation is 2. The molecule has 50 heavy (non-hydrogen) atoms. The monoisotopic (exact) mass is 687 g/mol. The van der Waals surface area contributed by atoms with Crippen molar-refractivity contribution >= 4 is 23.6 Å². The van der Waals surface area contributed by atoms with Crippen LogP contribution in [0.25, 0.3) is 11.1 Å². The molecule has 2 fully saturated rings. The van der Waals surface area contributed by atoms with Gasteiger partial charge in [-0.1, -0.05) is 32.0 Å². The molecule has 12 heteroatoms. The van der Waals surface area contributed by atoms with Crippen molar-refractivity contribution in [1.82, 2.24) is 19.9 Å². The molecule has 0 amide bonds. The Morgan fingerprint density at radius 2 is 1.60 bits per heavy atom. The summed E-state index contributed by atoms with van der Waals surface area (Å²) >= 11 is 0. The van der Waals surface area contributed by atoms with E-state index in [9.17, 15) is 9.90 Å². The number of fused-ring (bicyclic) bond motifs is 1. The number of benzene rings is 1. The number of aromatic nitrogens is 4. The maximum atomic E-state index is 12.9. The first kappa shape index (κ1) is 35.8. The number of rotatable bonds is 9. The molecule has 0 aliphatic carbocycles. The highest BCUT2D eigenvalue weighted by molar-refractivity contribution is 5.88. The zero-order chi connectivity index (χ0) is 35.8. The van der Waals surface area contributed by atoms with Crippen molar-refractivity contribution < 1.29 is 24.1 Å². The Kier molecular flexibility index (Phi) is 10.2. The van der Waals surface area contributed by atoms with Crippen LogP contribution in [0.15, 0.2) is 18.2 Å². The van der Waals surface area contributed by atoms with Crippen molar-refractivity contribution in [1.29, 1.82) is 0 Å². The summed E-state index contributed by atoms with van der Waals surface area (Å²) in [5, 5.41) is 10.6. The molecule has 5 heterocycles. The average molecular weight is 688 g/mol. The Morgan fingerprint density at radius 1 is 0.920 bits per heavy atom. The first-order valence-electron chi connectivity index (χ1n) is 18.0. The molecule has 2 saturated heterocycles. The maximum Gasteiger partial charge on any atom is 0.337 e. The van der Waals surface area contributed by atoms with Crippen molar-refractivity contribution in [3.63, 3.8) is 0 Å². The van der Waals surface area contributed by atoms with Crippen molar-refractivity contribution in [2.45, 2.75) is 92.9 Å². The fraction of sp³-hybridized carbons (Fsp3) is 0.605. The molecule has 3 aliphatic heterocycles. The predicted octanol–water partition coefficient (Wildman–Crippen LogP) is 5.92. The third-order valence-electron chi connectivity index (χ3n) is 9.92. The number of carbonyl (C=O) groups is 1. The van der Waals surface area contributed by atoms with Crippen LogP contribution in [0.1, 0.15) is 88.6 Å². The van der Waals surface area contributed by atoms with Gasteiger partial charge in [-0.25, -0.2) is 4.79 Å². The van der Waals surface area contributed by atoms with E-state index in [0.29, 0.717) is 55.5 Å². The van der Waals surface area contributed by atoms with Gasteiger partial charge in [0.2, 0.25) is 11.9 Å². The summed E-state index contributed by atoms with van der Waals surface area (Å²) in [7, 11) is 0. The lowest BCUT2D eigenvalue weighted by Crippen LogP contribution is -2.39. The molecule has 6 rings (SSSR count). The molecule has 0 radical (unpaired) electrons. The largest absolute Gasteiger partial charge is 0.479 e. The van der Waals surface area contributed by atoms with E-state index in [-0.39, 0.29) is 5.41 Å². The number of aliphatic carboxylic acids is 1. The van der Waals surface area contributed by atoms with Crippen LogP contribution in [0, 0.1) is 19.3 Å². The summed E-state index contributed by atoms with van der Waals surface area (Å²) in [4.78, 5) is 38.7. The number of hydrogen-bond acceptors (Lipinski definition) is 11. The molecule has 0 spiro atoms. The van der Waals surface area contributed by atoms with E-state index in [1.807, 2.05) is 41.5 Å². The Hall–Kier alpha value is -4.03. The number of carboxylic acid groups (broad SMARTS) is 1. The Labute approximate surface area is 296 Å². The highest BCUT2D eigenvalue weighted by atomic mass is 16.5. The number of hydrogen-bond donors (Lipinski definition) is 1. The van der Waals surface area contributed by atoms with E-state index in [0.717, 1.165) is 74.5 Å². The van der Waals surface area contributed by atoms with Gasteiger partial charge in [-0.15, -0.1) is 0 Å². The van der Waals surface area contributed by atoms with E-state index < -0.39 is 17.7 Å². The summed E-state index contributed by atoms with van der Waals surface area (Å²) in [5.41, 5.74) is 7.18. The molecule has 0 saturated carbocycles. The summed E-state index contributed by atoms with van der Waals surface area (Å²) in [6.45, 7) is 22.4. The summed E-state index contributed by atoms with van der Waals surface area (Å²) < 4.78 is 17.6. The molecule has 12 nitrogen and oxygen atoms in total. The Morgan fingerprint density at radius 3 is 2.24 bits per heavy atom. The SMILES string of the molecule is CCOc1nc(N2CCOCC2)nc(N2CCc3cc(-c4c(C)nc(C)c([C@H](OC(C)(C)C)C(=O)O)c4N4CCC(C)(C)CC4)ccc3C2)n1. The molecule has 1 atom stereocenters. The van der Waals surface area contributed by atoms with Crippen LogP contribution in [-0.4, -0.2) is 89.2 Å². The van der Waals surface area contributed by atoms with E-state index >= 15 is 0 Å². The van der Waals surface area contributed by atoms with Crippen molar-refractivity contribution in [2.24, 2.45) is 5.41 Å². The van der Waals surface area contributed by atoms with Crippen LogP contribution in [0.5, 0.6) is 6.01 Å². The molecule has 1 N–H and O–H groups in total. The smallest absolute Gasteiger partial charge is 0.337 e. The minimum absolute atomic E-state index is 0.227. The van der Waals surface area contributed by atoms with Crippen LogP contribution in [0.4, 0.5) is 17.6 Å². The lowest BCUT2D eigenvalue weighted by atomic mass is 9.81. The Balaban J connectivity index is 1.38. The second-order valence-electron chi connectivity index (χ2n) is 15.4. The molecule has 1 aromatic carbocycles. The lowest BCUT2D eigenvalue weighted by Gasteiger charge is -2.41. The van der Waals surface area contributed by atoms with E-state index in [1.54, 1.807) is 0 Å². The van der Waals surface area contributed by atoms with Crippen LogP contribution in [-0.2, 0) is 27.2 Å². The van der Waals surface area contributed by atoms with Gasteiger partial charge in [-0.2, -0.15) is 15.0 Å². The van der Waals surface area contributed by atoms with Crippen LogP contribution >= 0.6 is 0 Å². The van der Waals surface area contributed by atoms with Gasteiger partial charge >= 0.3 is 12.0 Å². The number of piperidine rings is 1. The molecule has 270 valence electrons. The molecule has 2 aromatic heterocycles. The molecule has 3 aromatic rings. The molecular weight excluding hydrogens is 634 g/mol. The van der Waals surface area contributed by atoms with Crippen LogP contribution in [0.2, 0.25) is 0 Å². The van der Waals surface area contributed by atoms with Gasteiger partial charge in [-0.3, -0.25) is 4.98 Å². The maximum absolute atomic E-state index is 12.9. The van der Waals surface area contributed by atoms with Gasteiger partial charge in [0, 0.05) is 61.8 Å². The fourth-order valence-corrected chi connectivity index (χ4v) is 7.21. The van der Waals surface area contributed by atoms with Crippen LogP contribution < -0.4 is 19.4 Å². The van der Waals surface area contributed by atoms with Gasteiger partial charge < -0.3 is 34.0 Å². The summed E-state index contributed by atoms with van der Waals surface area (Å²) in [6, 6.07) is 6.95. The molecule has 0 unspecified atom stereocenters. The molecular formula is C38H53N7O5. The molecule has 3 aliphatic rings. The normalized spacial score (nSPS) is 18.5. The van der Waals surface area contributed by atoms with E-state index in [1.165, 1.54) is 11.1 Å². The van der Waals surface area contributed by atoms with E-state index in [4.69, 9.17) is 24.2 Å². The quantitative estimate of drug-likeness (QED) is 0.287. The van der Waals surface area contributed by atoms with Crippen molar-refractivity contribution in [3.8, 4) is 17.1 Å². The second-order valence-corrected chi connectivity index (χ2v) is 15.4. The van der Waals surface area contributed by atoms with Crippen molar-refractivity contribution in [3.05, 3.63) is 46.3 Å². The second kappa shape index (κ2) is 14.3. The number of morpholine rings is 1. The van der Waals surface area contributed by atoms with Gasteiger partial charge in [0.15, 0.2) is 6.10 Å². The highest BCUT2D eigenvalue weighted by Crippen LogP contribution is 2.45. The number of pyridine rings is 1. The minimum atomic E-state index is -1.15. The van der Waals surface area contributed by atoms with Gasteiger partial charge in [0.05, 0.1) is 31.1 Å². The fourth-order valence-electron chi connectivity index (χ4n) is 7.21. The zero-order valence-corrected chi connectivity index (χ0v) is 31.0. The number of ether oxygens (including phenoxy) is 3. The average Bonchev–Trinajstić information content (AvgIpc) is 3.07. The number of nitrogens with zero attached hydrogens (tertiary/aromatic N) is 7. The number of carboxylic acids is 1. The summed E-state index contributed by atoms with van der Waals surface area (Å²) in [5.74, 6) is 0.216.